The van der Waals surface area contributed by atoms with E-state index in [0.29, 0.717) is 6.54 Å². The van der Waals surface area contributed by atoms with Crippen molar-refractivity contribution in [3.05, 3.63) is 12.7 Å². The smallest absolute Gasteiger partial charge is 0.322 e. The highest BCUT2D eigenvalue weighted by Crippen LogP contribution is 2.38. The van der Waals surface area contributed by atoms with Crippen LogP contribution in [0.4, 0.5) is 0 Å². The number of rotatable bonds is 4. The average molecular weight is 239 g/mol. The molecule has 0 radical (unpaired) electrons. The minimum atomic E-state index is -0.368. The van der Waals surface area contributed by atoms with Gasteiger partial charge in [0.05, 0.1) is 11.6 Å². The lowest BCUT2D eigenvalue weighted by Gasteiger charge is -2.38. The molecule has 88 valence electrons. The molecule has 4 heteroatoms. The second-order valence-electron chi connectivity index (χ2n) is 4.24. The van der Waals surface area contributed by atoms with Crippen molar-refractivity contribution < 1.29 is 9.53 Å². The molecule has 0 aromatic rings. The van der Waals surface area contributed by atoms with E-state index in [1.54, 1.807) is 17.8 Å². The summed E-state index contributed by atoms with van der Waals surface area (Å²) >= 11 is 1.55. The minimum Gasteiger partial charge on any atom is -0.454 e. The van der Waals surface area contributed by atoms with Gasteiger partial charge in [-0.1, -0.05) is 25.3 Å². The molecular formula is C12H17NO2S. The summed E-state index contributed by atoms with van der Waals surface area (Å²) in [7, 11) is 0. The summed E-state index contributed by atoms with van der Waals surface area (Å²) in [4.78, 5) is 16.2. The lowest BCUT2D eigenvalue weighted by atomic mass is 9.80. The van der Waals surface area contributed by atoms with Crippen LogP contribution in [0.15, 0.2) is 17.6 Å². The summed E-state index contributed by atoms with van der Waals surface area (Å²) in [6, 6.07) is 0. The van der Waals surface area contributed by atoms with Gasteiger partial charge in [-0.15, -0.1) is 0 Å². The highest BCUT2D eigenvalue weighted by atomic mass is 32.2. The van der Waals surface area contributed by atoms with Gasteiger partial charge < -0.3 is 4.74 Å². The molecule has 1 fully saturated rings. The second-order valence-corrected chi connectivity index (χ2v) is 5.51. The van der Waals surface area contributed by atoms with Gasteiger partial charge in [0, 0.05) is 0 Å². The average Bonchev–Trinajstić information content (AvgIpc) is 2.71. The van der Waals surface area contributed by atoms with Crippen molar-refractivity contribution in [1.29, 1.82) is 0 Å². The summed E-state index contributed by atoms with van der Waals surface area (Å²) < 4.78 is 5.55. The highest BCUT2D eigenvalue weighted by Gasteiger charge is 2.40. The molecule has 1 aliphatic heterocycles. The number of hydrogen-bond acceptors (Lipinski definition) is 4. The lowest BCUT2D eigenvalue weighted by molar-refractivity contribution is -0.160. The van der Waals surface area contributed by atoms with Crippen molar-refractivity contribution in [2.45, 2.75) is 43.5 Å². The van der Waals surface area contributed by atoms with Crippen LogP contribution in [0, 0.1) is 0 Å². The van der Waals surface area contributed by atoms with Crippen LogP contribution in [0.3, 0.4) is 0 Å². The zero-order chi connectivity index (χ0) is 11.6. The molecule has 0 spiro atoms. The summed E-state index contributed by atoms with van der Waals surface area (Å²) in [6.45, 7) is 6.37. The summed E-state index contributed by atoms with van der Waals surface area (Å²) in [6.07, 6.45) is 5.63. The third-order valence-electron chi connectivity index (χ3n) is 3.15. The van der Waals surface area contributed by atoms with E-state index in [1.165, 1.54) is 0 Å². The SMILES string of the molecule is C=CC1(OC(=O)C2CN=C(CC)S2)CCC1. The molecule has 1 heterocycles. The Balaban J connectivity index is 1.87. The van der Waals surface area contributed by atoms with Gasteiger partial charge in [0.25, 0.3) is 0 Å². The molecule has 1 saturated carbocycles. The maximum atomic E-state index is 11.9. The number of carbonyl (C=O) groups excluding carboxylic acids is 1. The Morgan fingerprint density at radius 3 is 2.94 bits per heavy atom. The Morgan fingerprint density at radius 1 is 1.75 bits per heavy atom. The Bertz CT molecular complexity index is 334. The second kappa shape index (κ2) is 4.62. The predicted octanol–water partition coefficient (Wildman–Crippen LogP) is 2.56. The first-order valence-electron chi connectivity index (χ1n) is 5.75. The van der Waals surface area contributed by atoms with Gasteiger partial charge in [0.2, 0.25) is 0 Å². The fourth-order valence-electron chi connectivity index (χ4n) is 1.88. The number of hydrogen-bond donors (Lipinski definition) is 0. The number of nitrogens with zero attached hydrogens (tertiary/aromatic N) is 1. The van der Waals surface area contributed by atoms with Gasteiger partial charge in [-0.05, 0) is 31.8 Å². The topological polar surface area (TPSA) is 38.7 Å². The maximum absolute atomic E-state index is 11.9. The van der Waals surface area contributed by atoms with Gasteiger partial charge in [-0.25, -0.2) is 0 Å². The predicted molar refractivity (Wildman–Crippen MR) is 66.8 cm³/mol. The summed E-state index contributed by atoms with van der Waals surface area (Å²) in [5.41, 5.74) is -0.368. The normalized spacial score (nSPS) is 26.8. The molecule has 2 rings (SSSR count). The van der Waals surface area contributed by atoms with Crippen molar-refractivity contribution >= 4 is 22.8 Å². The summed E-state index contributed by atoms with van der Waals surface area (Å²) in [5, 5.41) is 0.926. The Kier molecular flexibility index (Phi) is 3.38. The van der Waals surface area contributed by atoms with Crippen LogP contribution < -0.4 is 0 Å². The third-order valence-corrected chi connectivity index (χ3v) is 4.47. The Labute approximate surface area is 100 Å². The van der Waals surface area contributed by atoms with E-state index in [2.05, 4.69) is 18.5 Å². The molecule has 0 aromatic heterocycles. The zero-order valence-corrected chi connectivity index (χ0v) is 10.4. The standard InChI is InChI=1S/C12H17NO2S/c1-3-10-13-8-9(16-10)11(14)15-12(4-2)6-5-7-12/h4,9H,2-3,5-8H2,1H3. The Morgan fingerprint density at radius 2 is 2.50 bits per heavy atom. The molecule has 0 N–H and O–H groups in total. The third kappa shape index (κ3) is 2.17. The quantitative estimate of drug-likeness (QED) is 0.559. The molecule has 0 amide bonds. The van der Waals surface area contributed by atoms with E-state index in [-0.39, 0.29) is 16.8 Å². The first-order valence-corrected chi connectivity index (χ1v) is 6.63. The van der Waals surface area contributed by atoms with E-state index in [1.807, 2.05) is 0 Å². The molecule has 3 nitrogen and oxygen atoms in total. The van der Waals surface area contributed by atoms with Crippen LogP contribution >= 0.6 is 11.8 Å². The largest absolute Gasteiger partial charge is 0.454 e. The van der Waals surface area contributed by atoms with E-state index < -0.39 is 0 Å². The fraction of sp³-hybridized carbons (Fsp3) is 0.667. The number of thioether (sulfide) groups is 1. The monoisotopic (exact) mass is 239 g/mol. The van der Waals surface area contributed by atoms with Crippen LogP contribution in [0.1, 0.15) is 32.6 Å². The molecule has 1 aliphatic carbocycles. The summed E-state index contributed by atoms with van der Waals surface area (Å²) in [5.74, 6) is -0.128. The number of esters is 1. The van der Waals surface area contributed by atoms with Crippen molar-refractivity contribution in [1.82, 2.24) is 0 Å². The van der Waals surface area contributed by atoms with Gasteiger partial charge in [-0.3, -0.25) is 9.79 Å². The van der Waals surface area contributed by atoms with Crippen molar-refractivity contribution in [2.24, 2.45) is 4.99 Å². The molecule has 0 bridgehead atoms. The minimum absolute atomic E-state index is 0.128. The van der Waals surface area contributed by atoms with E-state index in [9.17, 15) is 4.79 Å². The van der Waals surface area contributed by atoms with Crippen molar-refractivity contribution in [3.63, 3.8) is 0 Å². The number of aliphatic imine (C=N–C) groups is 1. The van der Waals surface area contributed by atoms with E-state index in [0.717, 1.165) is 30.7 Å². The Hall–Kier alpha value is -0.770. The highest BCUT2D eigenvalue weighted by molar-refractivity contribution is 8.15. The van der Waals surface area contributed by atoms with Crippen LogP contribution in [0.5, 0.6) is 0 Å². The van der Waals surface area contributed by atoms with Gasteiger partial charge in [0.15, 0.2) is 0 Å². The molecule has 2 aliphatic rings. The zero-order valence-electron chi connectivity index (χ0n) is 9.57. The first-order chi connectivity index (χ1) is 7.69. The van der Waals surface area contributed by atoms with Crippen LogP contribution in [0.2, 0.25) is 0 Å². The lowest BCUT2D eigenvalue weighted by Crippen LogP contribution is -2.42. The van der Waals surface area contributed by atoms with Crippen molar-refractivity contribution in [2.75, 3.05) is 6.54 Å². The van der Waals surface area contributed by atoms with E-state index >= 15 is 0 Å². The molecule has 0 saturated heterocycles. The van der Waals surface area contributed by atoms with Gasteiger partial charge in [0.1, 0.15) is 10.9 Å². The molecular weight excluding hydrogens is 222 g/mol. The van der Waals surface area contributed by atoms with Crippen LogP contribution in [0.25, 0.3) is 0 Å². The van der Waals surface area contributed by atoms with Gasteiger partial charge in [-0.2, -0.15) is 0 Å². The molecule has 1 atom stereocenters. The molecule has 1 unspecified atom stereocenters. The van der Waals surface area contributed by atoms with Crippen molar-refractivity contribution in [3.8, 4) is 0 Å². The van der Waals surface area contributed by atoms with Crippen LogP contribution in [-0.2, 0) is 9.53 Å². The fourth-order valence-corrected chi connectivity index (χ4v) is 2.82. The number of ether oxygens (including phenoxy) is 1. The van der Waals surface area contributed by atoms with Gasteiger partial charge >= 0.3 is 5.97 Å². The molecule has 0 aromatic carbocycles. The molecule has 16 heavy (non-hydrogen) atoms. The maximum Gasteiger partial charge on any atom is 0.322 e. The number of carbonyl (C=O) groups is 1. The van der Waals surface area contributed by atoms with Crippen LogP contribution in [-0.4, -0.2) is 28.4 Å². The van der Waals surface area contributed by atoms with E-state index in [4.69, 9.17) is 4.74 Å². The first kappa shape index (κ1) is 11.7.